The maximum Gasteiger partial charge on any atom is 0.312 e. The average Bonchev–Trinajstić information content (AvgIpc) is 2.45. The Morgan fingerprint density at radius 2 is 2.10 bits per heavy atom. The summed E-state index contributed by atoms with van der Waals surface area (Å²) >= 11 is 0. The molecule has 5 nitrogen and oxygen atoms in total. The highest BCUT2D eigenvalue weighted by molar-refractivity contribution is 5.87. The molecule has 1 aromatic rings. The zero-order valence-corrected chi connectivity index (χ0v) is 12.5. The monoisotopic (exact) mass is 290 g/mol. The van der Waals surface area contributed by atoms with Crippen LogP contribution in [0.3, 0.4) is 0 Å². The number of benzene rings is 1. The molecule has 5 heteroatoms. The third-order valence-corrected chi connectivity index (χ3v) is 4.04. The first-order valence-corrected chi connectivity index (χ1v) is 7.25. The summed E-state index contributed by atoms with van der Waals surface area (Å²) in [6.45, 7) is 4.30. The first-order chi connectivity index (χ1) is 9.86. The first kappa shape index (κ1) is 15.5. The van der Waals surface area contributed by atoms with Crippen LogP contribution in [0.2, 0.25) is 0 Å². The molecule has 21 heavy (non-hydrogen) atoms. The number of amides is 1. The van der Waals surface area contributed by atoms with Gasteiger partial charge in [0, 0.05) is 13.1 Å². The molecule has 1 amide bonds. The van der Waals surface area contributed by atoms with E-state index in [0.29, 0.717) is 13.0 Å². The highest BCUT2D eigenvalue weighted by Crippen LogP contribution is 2.30. The zero-order chi connectivity index (χ0) is 15.6. The molecule has 0 spiro atoms. The Labute approximate surface area is 124 Å². The van der Waals surface area contributed by atoms with Gasteiger partial charge in [0.25, 0.3) is 0 Å². The number of hydrogen-bond acceptors (Lipinski definition) is 3. The molecule has 0 aliphatic carbocycles. The SMILES string of the molecule is CCCC(C)(N)C(=O)N1Cc2ccccc2C(C(=O)O)C1. The largest absolute Gasteiger partial charge is 0.481 e. The number of rotatable bonds is 4. The van der Waals surface area contributed by atoms with Crippen LogP contribution in [0.25, 0.3) is 0 Å². The summed E-state index contributed by atoms with van der Waals surface area (Å²) in [6.07, 6.45) is 1.40. The molecule has 0 radical (unpaired) electrons. The number of carboxylic acids is 1. The van der Waals surface area contributed by atoms with E-state index in [1.165, 1.54) is 0 Å². The minimum absolute atomic E-state index is 0.176. The van der Waals surface area contributed by atoms with Crippen LogP contribution in [-0.4, -0.2) is 34.0 Å². The van der Waals surface area contributed by atoms with Crippen LogP contribution in [-0.2, 0) is 16.1 Å². The number of fused-ring (bicyclic) bond motifs is 1. The van der Waals surface area contributed by atoms with Gasteiger partial charge in [0.05, 0.1) is 11.5 Å². The van der Waals surface area contributed by atoms with Crippen molar-refractivity contribution in [3.63, 3.8) is 0 Å². The lowest BCUT2D eigenvalue weighted by Crippen LogP contribution is -2.55. The van der Waals surface area contributed by atoms with Crippen LogP contribution in [0.1, 0.15) is 43.7 Å². The van der Waals surface area contributed by atoms with E-state index in [0.717, 1.165) is 17.5 Å². The second kappa shape index (κ2) is 5.85. The van der Waals surface area contributed by atoms with E-state index in [4.69, 9.17) is 5.73 Å². The molecule has 2 rings (SSSR count). The Morgan fingerprint density at radius 3 is 2.71 bits per heavy atom. The number of carbonyl (C=O) groups is 2. The summed E-state index contributed by atoms with van der Waals surface area (Å²) in [5.41, 5.74) is 6.84. The van der Waals surface area contributed by atoms with Crippen molar-refractivity contribution in [2.75, 3.05) is 6.54 Å². The Morgan fingerprint density at radius 1 is 1.43 bits per heavy atom. The Bertz CT molecular complexity index is 554. The Hall–Kier alpha value is -1.88. The second-order valence-corrected chi connectivity index (χ2v) is 5.94. The summed E-state index contributed by atoms with van der Waals surface area (Å²) < 4.78 is 0. The number of carbonyl (C=O) groups excluding carboxylic acids is 1. The van der Waals surface area contributed by atoms with E-state index in [2.05, 4.69) is 0 Å². The van der Waals surface area contributed by atoms with Gasteiger partial charge in [-0.1, -0.05) is 37.6 Å². The predicted molar refractivity (Wildman–Crippen MR) is 79.7 cm³/mol. The maximum absolute atomic E-state index is 12.6. The van der Waals surface area contributed by atoms with Crippen molar-refractivity contribution >= 4 is 11.9 Å². The summed E-state index contributed by atoms with van der Waals surface area (Å²) in [7, 11) is 0. The van der Waals surface area contributed by atoms with Crippen molar-refractivity contribution < 1.29 is 14.7 Å². The van der Waals surface area contributed by atoms with E-state index in [9.17, 15) is 14.7 Å². The van der Waals surface area contributed by atoms with Gasteiger partial charge in [0.1, 0.15) is 0 Å². The van der Waals surface area contributed by atoms with E-state index in [-0.39, 0.29) is 12.5 Å². The number of nitrogens with zero attached hydrogens (tertiary/aromatic N) is 1. The number of carboxylic acid groups (broad SMARTS) is 1. The van der Waals surface area contributed by atoms with Crippen molar-refractivity contribution in [2.45, 2.75) is 44.7 Å². The fourth-order valence-corrected chi connectivity index (χ4v) is 2.96. The van der Waals surface area contributed by atoms with E-state index >= 15 is 0 Å². The summed E-state index contributed by atoms with van der Waals surface area (Å²) in [5, 5.41) is 9.42. The van der Waals surface area contributed by atoms with Gasteiger partial charge in [-0.3, -0.25) is 9.59 Å². The molecule has 2 atom stereocenters. The minimum Gasteiger partial charge on any atom is -0.481 e. The molecule has 1 aliphatic rings. The van der Waals surface area contributed by atoms with Gasteiger partial charge >= 0.3 is 5.97 Å². The molecule has 1 aromatic carbocycles. The van der Waals surface area contributed by atoms with Crippen molar-refractivity contribution in [2.24, 2.45) is 5.73 Å². The molecule has 0 saturated heterocycles. The quantitative estimate of drug-likeness (QED) is 0.884. The first-order valence-electron chi connectivity index (χ1n) is 7.25. The van der Waals surface area contributed by atoms with Gasteiger partial charge in [-0.2, -0.15) is 0 Å². The molecular weight excluding hydrogens is 268 g/mol. The van der Waals surface area contributed by atoms with Crippen LogP contribution in [0.15, 0.2) is 24.3 Å². The van der Waals surface area contributed by atoms with Gasteiger partial charge in [0.2, 0.25) is 5.91 Å². The standard InChI is InChI=1S/C16H22N2O3/c1-3-8-16(2,17)15(21)18-9-11-6-4-5-7-12(11)13(10-18)14(19)20/h4-7,13H,3,8-10,17H2,1-2H3,(H,19,20). The zero-order valence-electron chi connectivity index (χ0n) is 12.5. The molecule has 3 N–H and O–H groups in total. The maximum atomic E-state index is 12.6. The van der Waals surface area contributed by atoms with Gasteiger partial charge in [-0.25, -0.2) is 0 Å². The third kappa shape index (κ3) is 3.08. The lowest BCUT2D eigenvalue weighted by molar-refractivity contribution is -0.143. The lowest BCUT2D eigenvalue weighted by atomic mass is 9.87. The topological polar surface area (TPSA) is 83.6 Å². The average molecular weight is 290 g/mol. The number of nitrogens with two attached hydrogens (primary N) is 1. The fraction of sp³-hybridized carbons (Fsp3) is 0.500. The third-order valence-electron chi connectivity index (χ3n) is 4.04. The smallest absolute Gasteiger partial charge is 0.312 e. The van der Waals surface area contributed by atoms with Gasteiger partial charge in [0.15, 0.2) is 0 Å². The molecule has 0 saturated carbocycles. The normalized spacial score (nSPS) is 20.5. The van der Waals surface area contributed by atoms with Crippen LogP contribution in [0.5, 0.6) is 0 Å². The minimum atomic E-state index is -0.940. The highest BCUT2D eigenvalue weighted by atomic mass is 16.4. The number of aliphatic carboxylic acids is 1. The molecule has 1 aliphatic heterocycles. The highest BCUT2D eigenvalue weighted by Gasteiger charge is 2.38. The predicted octanol–water partition coefficient (Wildman–Crippen LogP) is 1.71. The van der Waals surface area contributed by atoms with E-state index in [1.54, 1.807) is 11.8 Å². The van der Waals surface area contributed by atoms with Crippen molar-refractivity contribution in [1.82, 2.24) is 4.90 Å². The second-order valence-electron chi connectivity index (χ2n) is 5.94. The number of hydrogen-bond donors (Lipinski definition) is 2. The Kier molecular flexibility index (Phi) is 4.32. The summed E-state index contributed by atoms with van der Waals surface area (Å²) in [5.74, 6) is -1.77. The lowest BCUT2D eigenvalue weighted by Gasteiger charge is -2.37. The van der Waals surface area contributed by atoms with Crippen LogP contribution < -0.4 is 5.73 Å². The van der Waals surface area contributed by atoms with Gasteiger partial charge in [-0.05, 0) is 24.5 Å². The van der Waals surface area contributed by atoms with Crippen molar-refractivity contribution in [3.8, 4) is 0 Å². The van der Waals surface area contributed by atoms with E-state index in [1.807, 2.05) is 31.2 Å². The molecule has 0 fully saturated rings. The molecule has 0 bridgehead atoms. The molecule has 1 heterocycles. The van der Waals surface area contributed by atoms with Gasteiger partial charge < -0.3 is 15.7 Å². The molecule has 0 aromatic heterocycles. The van der Waals surface area contributed by atoms with Crippen molar-refractivity contribution in [3.05, 3.63) is 35.4 Å². The molecule has 114 valence electrons. The van der Waals surface area contributed by atoms with E-state index < -0.39 is 17.4 Å². The van der Waals surface area contributed by atoms with Gasteiger partial charge in [-0.15, -0.1) is 0 Å². The molecule has 2 unspecified atom stereocenters. The summed E-state index contributed by atoms with van der Waals surface area (Å²) in [4.78, 5) is 25.7. The van der Waals surface area contributed by atoms with Crippen molar-refractivity contribution in [1.29, 1.82) is 0 Å². The molecular formula is C16H22N2O3. The fourth-order valence-electron chi connectivity index (χ4n) is 2.96. The van der Waals surface area contributed by atoms with Crippen LogP contribution >= 0.6 is 0 Å². The Balaban J connectivity index is 2.30. The van der Waals surface area contributed by atoms with Crippen LogP contribution in [0, 0.1) is 0 Å². The summed E-state index contributed by atoms with van der Waals surface area (Å²) in [6, 6.07) is 7.39. The van der Waals surface area contributed by atoms with Crippen LogP contribution in [0.4, 0.5) is 0 Å².